The van der Waals surface area contributed by atoms with Gasteiger partial charge in [0.1, 0.15) is 31.0 Å². The van der Waals surface area contributed by atoms with Crippen LogP contribution in [-0.2, 0) is 28.5 Å². The largest absolute Gasteiger partial charge is 0.462 e. The van der Waals surface area contributed by atoms with Crippen molar-refractivity contribution < 1.29 is 49.0 Å². The van der Waals surface area contributed by atoms with Crippen molar-refractivity contribution in [3.05, 3.63) is 36.5 Å². The van der Waals surface area contributed by atoms with Crippen LogP contribution in [0.5, 0.6) is 0 Å². The maximum Gasteiger partial charge on any atom is 0.306 e. The van der Waals surface area contributed by atoms with Gasteiger partial charge in [-0.1, -0.05) is 121 Å². The molecule has 1 heterocycles. The van der Waals surface area contributed by atoms with Gasteiger partial charge in [0.25, 0.3) is 0 Å². The van der Waals surface area contributed by atoms with Crippen molar-refractivity contribution >= 4 is 11.9 Å². The number of aliphatic hydroxyl groups is 4. The summed E-state index contributed by atoms with van der Waals surface area (Å²) in [6, 6.07) is 0. The minimum atomic E-state index is -1.60. The number of esters is 2. The SMILES string of the molecule is CCCCC/C=C\C/C=C\CCCCCCCC(=O)OC(COC(=O)CCCCCCC/C=C\CCCCCC)COC1OC(CO)C(O)C(O)C1O. The highest BCUT2D eigenvalue weighted by Crippen LogP contribution is 2.22. The van der Waals surface area contributed by atoms with Crippen LogP contribution in [0.4, 0.5) is 0 Å². The molecule has 1 aliphatic rings. The molecular formula is C43H76O10. The highest BCUT2D eigenvalue weighted by molar-refractivity contribution is 5.70. The maximum absolute atomic E-state index is 12.7. The van der Waals surface area contributed by atoms with Crippen LogP contribution in [0, 0.1) is 0 Å². The number of rotatable bonds is 34. The Labute approximate surface area is 321 Å². The lowest BCUT2D eigenvalue weighted by molar-refractivity contribution is -0.305. The average molecular weight is 753 g/mol. The van der Waals surface area contributed by atoms with Gasteiger partial charge in [-0.2, -0.15) is 0 Å². The molecular weight excluding hydrogens is 676 g/mol. The third kappa shape index (κ3) is 26.4. The van der Waals surface area contributed by atoms with Crippen molar-refractivity contribution in [2.45, 2.75) is 205 Å². The van der Waals surface area contributed by atoms with E-state index in [0.29, 0.717) is 12.8 Å². The lowest BCUT2D eigenvalue weighted by atomic mass is 9.99. The molecule has 6 unspecified atom stereocenters. The zero-order valence-corrected chi connectivity index (χ0v) is 33.3. The van der Waals surface area contributed by atoms with Crippen molar-refractivity contribution in [3.8, 4) is 0 Å². The van der Waals surface area contributed by atoms with Gasteiger partial charge >= 0.3 is 11.9 Å². The van der Waals surface area contributed by atoms with E-state index < -0.39 is 55.4 Å². The zero-order chi connectivity index (χ0) is 38.8. The Hall–Kier alpha value is -2.08. The number of unbranched alkanes of at least 4 members (excludes halogenated alkanes) is 17. The Balaban J connectivity index is 2.38. The number of aliphatic hydroxyl groups excluding tert-OH is 4. The number of allylic oxidation sites excluding steroid dienone is 6. The predicted octanol–water partition coefficient (Wildman–Crippen LogP) is 8.33. The van der Waals surface area contributed by atoms with E-state index >= 15 is 0 Å². The molecule has 4 N–H and O–H groups in total. The van der Waals surface area contributed by atoms with Gasteiger partial charge in [0.15, 0.2) is 12.4 Å². The van der Waals surface area contributed by atoms with Crippen molar-refractivity contribution in [1.82, 2.24) is 0 Å². The van der Waals surface area contributed by atoms with E-state index in [0.717, 1.165) is 77.0 Å². The Morgan fingerprint density at radius 3 is 1.62 bits per heavy atom. The smallest absolute Gasteiger partial charge is 0.306 e. The van der Waals surface area contributed by atoms with Crippen LogP contribution in [0.25, 0.3) is 0 Å². The number of carbonyl (C=O) groups is 2. The van der Waals surface area contributed by atoms with E-state index in [4.69, 9.17) is 18.9 Å². The molecule has 308 valence electrons. The monoisotopic (exact) mass is 753 g/mol. The van der Waals surface area contributed by atoms with E-state index in [1.165, 1.54) is 51.4 Å². The molecule has 0 saturated carbocycles. The Kier molecular flexibility index (Phi) is 31.8. The molecule has 1 saturated heterocycles. The van der Waals surface area contributed by atoms with E-state index in [-0.39, 0.29) is 26.1 Å². The van der Waals surface area contributed by atoms with Gasteiger partial charge in [0, 0.05) is 12.8 Å². The van der Waals surface area contributed by atoms with Gasteiger partial charge < -0.3 is 39.4 Å². The van der Waals surface area contributed by atoms with Crippen LogP contribution in [0.2, 0.25) is 0 Å². The molecule has 1 aliphatic heterocycles. The molecule has 0 aliphatic carbocycles. The summed E-state index contributed by atoms with van der Waals surface area (Å²) in [7, 11) is 0. The van der Waals surface area contributed by atoms with Crippen molar-refractivity contribution in [1.29, 1.82) is 0 Å². The summed E-state index contributed by atoms with van der Waals surface area (Å²) in [5, 5.41) is 40.0. The first-order valence-electron chi connectivity index (χ1n) is 21.1. The maximum atomic E-state index is 12.7. The van der Waals surface area contributed by atoms with E-state index in [1.54, 1.807) is 0 Å². The highest BCUT2D eigenvalue weighted by atomic mass is 16.7. The van der Waals surface area contributed by atoms with E-state index in [1.807, 2.05) is 0 Å². The molecule has 1 fully saturated rings. The first-order valence-corrected chi connectivity index (χ1v) is 21.1. The number of hydrogen-bond acceptors (Lipinski definition) is 10. The summed E-state index contributed by atoms with van der Waals surface area (Å²) in [4.78, 5) is 25.2. The first kappa shape index (κ1) is 48.9. The summed E-state index contributed by atoms with van der Waals surface area (Å²) < 4.78 is 22.1. The van der Waals surface area contributed by atoms with Crippen molar-refractivity contribution in [3.63, 3.8) is 0 Å². The van der Waals surface area contributed by atoms with Gasteiger partial charge in [-0.15, -0.1) is 0 Å². The van der Waals surface area contributed by atoms with Crippen LogP contribution >= 0.6 is 0 Å². The normalized spacial score (nSPS) is 21.2. The topological polar surface area (TPSA) is 152 Å². The third-order valence-corrected chi connectivity index (χ3v) is 9.50. The number of hydrogen-bond donors (Lipinski definition) is 4. The molecule has 10 nitrogen and oxygen atoms in total. The average Bonchev–Trinajstić information content (AvgIpc) is 3.15. The van der Waals surface area contributed by atoms with Gasteiger partial charge in [-0.3, -0.25) is 9.59 Å². The van der Waals surface area contributed by atoms with Crippen LogP contribution in [0.1, 0.15) is 168 Å². The Morgan fingerprint density at radius 2 is 1.06 bits per heavy atom. The molecule has 0 spiro atoms. The minimum Gasteiger partial charge on any atom is -0.462 e. The second-order valence-corrected chi connectivity index (χ2v) is 14.4. The molecule has 53 heavy (non-hydrogen) atoms. The Bertz CT molecular complexity index is 965. The molecule has 0 aromatic rings. The fourth-order valence-electron chi connectivity index (χ4n) is 6.09. The fourth-order valence-corrected chi connectivity index (χ4v) is 6.09. The molecule has 6 atom stereocenters. The lowest BCUT2D eigenvalue weighted by Gasteiger charge is -2.39. The van der Waals surface area contributed by atoms with Gasteiger partial charge in [0.2, 0.25) is 0 Å². The highest BCUT2D eigenvalue weighted by Gasteiger charge is 2.44. The predicted molar refractivity (Wildman–Crippen MR) is 210 cm³/mol. The molecule has 0 aromatic carbocycles. The van der Waals surface area contributed by atoms with Gasteiger partial charge in [0.05, 0.1) is 13.2 Å². The standard InChI is InChI=1S/C43H76O10/c1-3-5-7-9-11-13-15-17-18-20-22-24-26-28-30-32-39(46)52-36(35-51-43-42(49)41(48)40(47)37(33-44)53-43)34-50-38(45)31-29-27-25-23-21-19-16-14-12-10-8-6-4-2/h11,13-14,16-18,36-37,40-44,47-49H,3-10,12,15,19-35H2,1-2H3/b13-11-,16-14-,18-17-. The molecule has 0 radical (unpaired) electrons. The second kappa shape index (κ2) is 34.4. The zero-order valence-electron chi connectivity index (χ0n) is 33.3. The quantitative estimate of drug-likeness (QED) is 0.0287. The summed E-state index contributed by atoms with van der Waals surface area (Å²) in [6.07, 6.45) is 30.0. The summed E-state index contributed by atoms with van der Waals surface area (Å²) in [5.41, 5.74) is 0. The third-order valence-electron chi connectivity index (χ3n) is 9.50. The van der Waals surface area contributed by atoms with Crippen molar-refractivity contribution in [2.24, 2.45) is 0 Å². The Morgan fingerprint density at radius 1 is 0.585 bits per heavy atom. The number of carbonyl (C=O) groups excluding carboxylic acids is 2. The van der Waals surface area contributed by atoms with Crippen LogP contribution < -0.4 is 0 Å². The first-order chi connectivity index (χ1) is 25.8. The van der Waals surface area contributed by atoms with Gasteiger partial charge in [-0.25, -0.2) is 0 Å². The molecule has 10 heteroatoms. The minimum absolute atomic E-state index is 0.212. The fraction of sp³-hybridized carbons (Fsp3) is 0.814. The van der Waals surface area contributed by atoms with E-state index in [9.17, 15) is 30.0 Å². The molecule has 0 aromatic heterocycles. The molecule has 0 bridgehead atoms. The summed E-state index contributed by atoms with van der Waals surface area (Å²) in [5.74, 6) is -0.834. The summed E-state index contributed by atoms with van der Waals surface area (Å²) >= 11 is 0. The van der Waals surface area contributed by atoms with Crippen molar-refractivity contribution in [2.75, 3.05) is 19.8 Å². The summed E-state index contributed by atoms with van der Waals surface area (Å²) in [6.45, 7) is 3.34. The van der Waals surface area contributed by atoms with Crippen LogP contribution in [0.3, 0.4) is 0 Å². The van der Waals surface area contributed by atoms with E-state index in [2.05, 4.69) is 50.3 Å². The van der Waals surface area contributed by atoms with Gasteiger partial charge in [-0.05, 0) is 70.6 Å². The number of ether oxygens (including phenoxy) is 4. The van der Waals surface area contributed by atoms with Crippen LogP contribution in [-0.4, -0.2) is 89.0 Å². The second-order valence-electron chi connectivity index (χ2n) is 14.4. The van der Waals surface area contributed by atoms with Crippen LogP contribution in [0.15, 0.2) is 36.5 Å². The molecule has 0 amide bonds. The molecule has 1 rings (SSSR count). The lowest BCUT2D eigenvalue weighted by Crippen LogP contribution is -2.59.